The molecule has 0 aliphatic heterocycles. The Morgan fingerprint density at radius 3 is 2.33 bits per heavy atom. The molecule has 2 rings (SSSR count). The number of aromatic nitrogens is 2. The van der Waals surface area contributed by atoms with E-state index in [1.54, 1.807) is 24.4 Å². The number of hydrogen-bond acceptors (Lipinski definition) is 2. The first-order valence-corrected chi connectivity index (χ1v) is 5.18. The molecule has 0 aliphatic carbocycles. The predicted molar refractivity (Wildman–Crippen MR) is 62.2 cm³/mol. The fourth-order valence-corrected chi connectivity index (χ4v) is 1.85. The third-order valence-corrected chi connectivity index (χ3v) is 2.61. The molecule has 0 amide bonds. The Morgan fingerprint density at radius 1 is 1.07 bits per heavy atom. The fourth-order valence-electron chi connectivity index (χ4n) is 1.28. The van der Waals surface area contributed by atoms with E-state index in [1.807, 2.05) is 13.0 Å². The molecule has 0 unspecified atom stereocenters. The molecule has 0 saturated carbocycles. The Morgan fingerprint density at radius 2 is 1.73 bits per heavy atom. The molecule has 0 N–H and O–H groups in total. The average molecular weight is 239 g/mol. The van der Waals surface area contributed by atoms with Crippen molar-refractivity contribution in [1.29, 1.82) is 0 Å². The van der Waals surface area contributed by atoms with Gasteiger partial charge in [0.15, 0.2) is 5.82 Å². The third-order valence-electron chi connectivity index (χ3n) is 1.98. The van der Waals surface area contributed by atoms with Crippen LogP contribution in [0.3, 0.4) is 0 Å². The van der Waals surface area contributed by atoms with Crippen molar-refractivity contribution < 1.29 is 0 Å². The van der Waals surface area contributed by atoms with Crippen LogP contribution in [-0.4, -0.2) is 9.97 Å². The van der Waals surface area contributed by atoms with Gasteiger partial charge >= 0.3 is 0 Å². The normalized spacial score (nSPS) is 10.3. The lowest BCUT2D eigenvalue weighted by Crippen LogP contribution is -1.92. The lowest BCUT2D eigenvalue weighted by Gasteiger charge is -2.05. The van der Waals surface area contributed by atoms with E-state index in [4.69, 9.17) is 23.2 Å². The van der Waals surface area contributed by atoms with Crippen LogP contribution in [0, 0.1) is 6.92 Å². The maximum absolute atomic E-state index is 6.05. The zero-order valence-electron chi connectivity index (χ0n) is 8.04. The van der Waals surface area contributed by atoms with Crippen LogP contribution in [0.1, 0.15) is 5.69 Å². The van der Waals surface area contributed by atoms with Gasteiger partial charge in [0, 0.05) is 11.9 Å². The average Bonchev–Trinajstić information content (AvgIpc) is 2.17. The van der Waals surface area contributed by atoms with Gasteiger partial charge in [-0.05, 0) is 25.1 Å². The highest BCUT2D eigenvalue weighted by Crippen LogP contribution is 2.31. The van der Waals surface area contributed by atoms with E-state index < -0.39 is 0 Å². The number of hydrogen-bond donors (Lipinski definition) is 0. The first kappa shape index (κ1) is 10.4. The summed E-state index contributed by atoms with van der Waals surface area (Å²) in [5, 5.41) is 1.13. The molecule has 0 atom stereocenters. The summed E-state index contributed by atoms with van der Waals surface area (Å²) >= 11 is 12.1. The lowest BCUT2D eigenvalue weighted by molar-refractivity contribution is 1.11. The maximum atomic E-state index is 6.05. The van der Waals surface area contributed by atoms with Gasteiger partial charge in [0.1, 0.15) is 0 Å². The Labute approximate surface area is 97.9 Å². The maximum Gasteiger partial charge on any atom is 0.162 e. The van der Waals surface area contributed by atoms with E-state index in [0.717, 1.165) is 5.69 Å². The summed E-state index contributed by atoms with van der Waals surface area (Å²) in [5.41, 5.74) is 1.57. The van der Waals surface area contributed by atoms with Crippen LogP contribution in [0.15, 0.2) is 30.5 Å². The first-order chi connectivity index (χ1) is 7.18. The summed E-state index contributed by atoms with van der Waals surface area (Å²) in [6, 6.07) is 7.17. The fraction of sp³-hybridized carbons (Fsp3) is 0.0909. The van der Waals surface area contributed by atoms with Crippen molar-refractivity contribution in [3.05, 3.63) is 46.2 Å². The molecule has 0 spiro atoms. The molecule has 0 bridgehead atoms. The van der Waals surface area contributed by atoms with Gasteiger partial charge in [0.2, 0.25) is 0 Å². The van der Waals surface area contributed by atoms with Crippen molar-refractivity contribution in [1.82, 2.24) is 9.97 Å². The molecule has 15 heavy (non-hydrogen) atoms. The van der Waals surface area contributed by atoms with Crippen molar-refractivity contribution in [3.63, 3.8) is 0 Å². The standard InChI is InChI=1S/C11H8Cl2N2/c1-7-5-6-14-11(15-7)10-8(12)3-2-4-9(10)13/h2-6H,1H3. The summed E-state index contributed by atoms with van der Waals surface area (Å²) in [6.07, 6.45) is 1.69. The molecule has 2 aromatic rings. The van der Waals surface area contributed by atoms with Gasteiger partial charge in [-0.1, -0.05) is 29.3 Å². The minimum atomic E-state index is 0.561. The van der Waals surface area contributed by atoms with Crippen LogP contribution in [0.2, 0.25) is 10.0 Å². The molecule has 0 saturated heterocycles. The van der Waals surface area contributed by atoms with Crippen molar-refractivity contribution in [3.8, 4) is 11.4 Å². The second-order valence-corrected chi connectivity index (χ2v) is 3.93. The van der Waals surface area contributed by atoms with E-state index >= 15 is 0 Å². The lowest BCUT2D eigenvalue weighted by atomic mass is 10.2. The zero-order chi connectivity index (χ0) is 10.8. The van der Waals surface area contributed by atoms with E-state index in [9.17, 15) is 0 Å². The molecule has 76 valence electrons. The molecule has 0 fully saturated rings. The molecular formula is C11H8Cl2N2. The predicted octanol–water partition coefficient (Wildman–Crippen LogP) is 3.76. The van der Waals surface area contributed by atoms with Gasteiger partial charge in [-0.2, -0.15) is 0 Å². The van der Waals surface area contributed by atoms with Gasteiger partial charge in [-0.15, -0.1) is 0 Å². The quantitative estimate of drug-likeness (QED) is 0.757. The summed E-state index contributed by atoms with van der Waals surface area (Å²) in [6.45, 7) is 1.90. The Kier molecular flexibility index (Phi) is 2.89. The van der Waals surface area contributed by atoms with Crippen LogP contribution < -0.4 is 0 Å². The molecule has 2 nitrogen and oxygen atoms in total. The number of aryl methyl sites for hydroxylation is 1. The highest BCUT2D eigenvalue weighted by atomic mass is 35.5. The summed E-state index contributed by atoms with van der Waals surface area (Å²) in [5.74, 6) is 0.561. The number of halogens is 2. The van der Waals surface area contributed by atoms with Gasteiger partial charge in [-0.25, -0.2) is 9.97 Å². The van der Waals surface area contributed by atoms with E-state index in [2.05, 4.69) is 9.97 Å². The SMILES string of the molecule is Cc1ccnc(-c2c(Cl)cccc2Cl)n1. The number of nitrogens with zero attached hydrogens (tertiary/aromatic N) is 2. The topological polar surface area (TPSA) is 25.8 Å². The molecule has 4 heteroatoms. The van der Waals surface area contributed by atoms with Crippen LogP contribution in [0.4, 0.5) is 0 Å². The zero-order valence-corrected chi connectivity index (χ0v) is 9.55. The van der Waals surface area contributed by atoms with Gasteiger partial charge in [0.25, 0.3) is 0 Å². The van der Waals surface area contributed by atoms with Gasteiger partial charge in [-0.3, -0.25) is 0 Å². The third kappa shape index (κ3) is 2.11. The van der Waals surface area contributed by atoms with Crippen LogP contribution in [0.5, 0.6) is 0 Å². The minimum Gasteiger partial charge on any atom is -0.236 e. The van der Waals surface area contributed by atoms with Crippen LogP contribution in [-0.2, 0) is 0 Å². The summed E-state index contributed by atoms with van der Waals surface area (Å²) in [7, 11) is 0. The Hall–Kier alpha value is -1.12. The van der Waals surface area contributed by atoms with Crippen LogP contribution in [0.25, 0.3) is 11.4 Å². The monoisotopic (exact) mass is 238 g/mol. The molecule has 0 aliphatic rings. The Bertz CT molecular complexity index is 477. The molecule has 1 aromatic carbocycles. The van der Waals surface area contributed by atoms with Crippen molar-refractivity contribution >= 4 is 23.2 Å². The van der Waals surface area contributed by atoms with Crippen molar-refractivity contribution in [2.75, 3.05) is 0 Å². The van der Waals surface area contributed by atoms with E-state index in [0.29, 0.717) is 21.4 Å². The van der Waals surface area contributed by atoms with Crippen LogP contribution >= 0.6 is 23.2 Å². The minimum absolute atomic E-state index is 0.561. The van der Waals surface area contributed by atoms with Crippen molar-refractivity contribution in [2.45, 2.75) is 6.92 Å². The van der Waals surface area contributed by atoms with Gasteiger partial charge < -0.3 is 0 Å². The van der Waals surface area contributed by atoms with Gasteiger partial charge in [0.05, 0.1) is 15.6 Å². The number of benzene rings is 1. The largest absolute Gasteiger partial charge is 0.236 e. The van der Waals surface area contributed by atoms with E-state index in [-0.39, 0.29) is 0 Å². The molecule has 1 heterocycles. The Balaban J connectivity index is 2.63. The van der Waals surface area contributed by atoms with Crippen molar-refractivity contribution in [2.24, 2.45) is 0 Å². The second kappa shape index (κ2) is 4.17. The van der Waals surface area contributed by atoms with E-state index in [1.165, 1.54) is 0 Å². The summed E-state index contributed by atoms with van der Waals surface area (Å²) in [4.78, 5) is 8.44. The number of rotatable bonds is 1. The summed E-state index contributed by atoms with van der Waals surface area (Å²) < 4.78 is 0. The molecular weight excluding hydrogens is 231 g/mol. The smallest absolute Gasteiger partial charge is 0.162 e. The molecule has 1 aromatic heterocycles. The molecule has 0 radical (unpaired) electrons. The highest BCUT2D eigenvalue weighted by molar-refractivity contribution is 6.38. The highest BCUT2D eigenvalue weighted by Gasteiger charge is 2.10. The first-order valence-electron chi connectivity index (χ1n) is 4.42. The second-order valence-electron chi connectivity index (χ2n) is 3.12.